The normalized spacial score (nSPS) is 22.0. The summed E-state index contributed by atoms with van der Waals surface area (Å²) in [6.07, 6.45) is 0. The predicted molar refractivity (Wildman–Crippen MR) is 98.3 cm³/mol. The number of carbonyl (C=O) groups is 2. The van der Waals surface area contributed by atoms with E-state index in [2.05, 4.69) is 5.32 Å². The van der Waals surface area contributed by atoms with Gasteiger partial charge in [-0.2, -0.15) is 0 Å². The number of hydrogen-bond acceptors (Lipinski definition) is 7. The van der Waals surface area contributed by atoms with E-state index >= 15 is 0 Å². The molecule has 0 amide bonds. The van der Waals surface area contributed by atoms with Gasteiger partial charge in [0.25, 0.3) is 5.69 Å². The number of non-ortho nitro benzene ring substituents is 1. The Labute approximate surface area is 161 Å². The maximum absolute atomic E-state index is 12.7. The number of methoxy groups -OCH3 is 1. The fraction of sp³-hybridized carbons (Fsp3) is 0.444. The molecule has 27 heavy (non-hydrogen) atoms. The predicted octanol–water partition coefficient (Wildman–Crippen LogP) is 2.52. The van der Waals surface area contributed by atoms with Crippen LogP contribution in [0.3, 0.4) is 0 Å². The number of halogens is 1. The van der Waals surface area contributed by atoms with Crippen molar-refractivity contribution in [2.24, 2.45) is 5.41 Å². The Bertz CT molecular complexity index is 777. The summed E-state index contributed by atoms with van der Waals surface area (Å²) < 4.78 is 10.1. The zero-order valence-corrected chi connectivity index (χ0v) is 16.0. The molecule has 9 heteroatoms. The molecule has 1 N–H and O–H groups in total. The molecule has 1 aromatic carbocycles. The van der Waals surface area contributed by atoms with Gasteiger partial charge in [-0.05, 0) is 19.4 Å². The first-order chi connectivity index (χ1) is 12.8. The van der Waals surface area contributed by atoms with Crippen molar-refractivity contribution in [2.45, 2.75) is 19.8 Å². The molecule has 2 atom stereocenters. The minimum atomic E-state index is -1.14. The van der Waals surface area contributed by atoms with Crippen molar-refractivity contribution >= 4 is 29.2 Å². The van der Waals surface area contributed by atoms with Crippen molar-refractivity contribution in [3.05, 3.63) is 51.2 Å². The molecule has 0 radical (unpaired) electrons. The van der Waals surface area contributed by atoms with E-state index in [0.717, 1.165) is 0 Å². The van der Waals surface area contributed by atoms with Crippen LogP contribution in [0.4, 0.5) is 5.69 Å². The highest BCUT2D eigenvalue weighted by Gasteiger charge is 2.50. The van der Waals surface area contributed by atoms with Crippen LogP contribution in [0.2, 0.25) is 0 Å². The molecular weight excluding hydrogens is 376 g/mol. The second-order valence-electron chi connectivity index (χ2n) is 6.29. The van der Waals surface area contributed by atoms with E-state index in [-0.39, 0.29) is 30.3 Å². The van der Waals surface area contributed by atoms with Gasteiger partial charge in [-0.15, -0.1) is 11.6 Å². The third-order valence-electron chi connectivity index (χ3n) is 4.64. The third-order valence-corrected chi connectivity index (χ3v) is 4.91. The van der Waals surface area contributed by atoms with E-state index in [4.69, 9.17) is 21.1 Å². The van der Waals surface area contributed by atoms with E-state index in [9.17, 15) is 19.7 Å². The summed E-state index contributed by atoms with van der Waals surface area (Å²) in [5.41, 5.74) is 0.00905. The maximum atomic E-state index is 12.7. The van der Waals surface area contributed by atoms with Gasteiger partial charge >= 0.3 is 11.9 Å². The van der Waals surface area contributed by atoms with E-state index in [1.807, 2.05) is 0 Å². The fourth-order valence-corrected chi connectivity index (χ4v) is 3.53. The molecule has 0 spiro atoms. The zero-order valence-electron chi connectivity index (χ0n) is 15.3. The van der Waals surface area contributed by atoms with Gasteiger partial charge in [0.1, 0.15) is 0 Å². The molecule has 1 aliphatic heterocycles. The maximum Gasteiger partial charge on any atom is 0.336 e. The molecule has 0 bridgehead atoms. The molecular formula is C18H21ClN2O6. The molecule has 0 saturated heterocycles. The second-order valence-corrected chi connectivity index (χ2v) is 6.56. The molecule has 1 aliphatic rings. The van der Waals surface area contributed by atoms with Crippen LogP contribution in [0, 0.1) is 15.5 Å². The summed E-state index contributed by atoms with van der Waals surface area (Å²) in [5.74, 6) is -1.83. The van der Waals surface area contributed by atoms with Gasteiger partial charge in [0.15, 0.2) is 0 Å². The summed E-state index contributed by atoms with van der Waals surface area (Å²) in [4.78, 5) is 35.7. The van der Waals surface area contributed by atoms with Crippen LogP contribution in [0.1, 0.15) is 25.3 Å². The summed E-state index contributed by atoms with van der Waals surface area (Å²) in [6, 6.07) is 5.72. The van der Waals surface area contributed by atoms with E-state index in [0.29, 0.717) is 11.3 Å². The lowest BCUT2D eigenvalue weighted by Gasteiger charge is -2.41. The molecule has 2 unspecified atom stereocenters. The number of nitro benzene ring substituents is 1. The van der Waals surface area contributed by atoms with Crippen LogP contribution in [-0.2, 0) is 19.1 Å². The smallest absolute Gasteiger partial charge is 0.336 e. The minimum Gasteiger partial charge on any atom is -0.469 e. The average Bonchev–Trinajstić information content (AvgIpc) is 2.67. The number of nitro groups is 1. The SMILES string of the molecule is CCOC(=O)C1=C(CCl)NCC(C)(C(=O)OC)C1c1ccc([N+](=O)[O-])cc1. The van der Waals surface area contributed by atoms with Crippen molar-refractivity contribution in [3.8, 4) is 0 Å². The highest BCUT2D eigenvalue weighted by molar-refractivity contribution is 6.20. The van der Waals surface area contributed by atoms with Crippen LogP contribution >= 0.6 is 11.6 Å². The number of rotatable bonds is 6. The first-order valence-electron chi connectivity index (χ1n) is 8.32. The Balaban J connectivity index is 2.67. The summed E-state index contributed by atoms with van der Waals surface area (Å²) in [5, 5.41) is 14.0. The van der Waals surface area contributed by atoms with Gasteiger partial charge in [-0.25, -0.2) is 4.79 Å². The Morgan fingerprint density at radius 2 is 2.00 bits per heavy atom. The Hall–Kier alpha value is -2.61. The highest BCUT2D eigenvalue weighted by Crippen LogP contribution is 2.46. The van der Waals surface area contributed by atoms with Crippen molar-refractivity contribution in [1.82, 2.24) is 5.32 Å². The van der Waals surface area contributed by atoms with Crippen molar-refractivity contribution in [2.75, 3.05) is 26.1 Å². The molecule has 2 rings (SSSR count). The lowest BCUT2D eigenvalue weighted by Crippen LogP contribution is -2.50. The van der Waals surface area contributed by atoms with Crippen LogP contribution < -0.4 is 5.32 Å². The average molecular weight is 397 g/mol. The van der Waals surface area contributed by atoms with Crippen LogP contribution in [0.5, 0.6) is 0 Å². The van der Waals surface area contributed by atoms with Gasteiger partial charge in [0.05, 0.1) is 35.5 Å². The highest BCUT2D eigenvalue weighted by atomic mass is 35.5. The number of ether oxygens (including phenoxy) is 2. The number of nitrogens with one attached hydrogen (secondary N) is 1. The van der Waals surface area contributed by atoms with Crippen LogP contribution in [-0.4, -0.2) is 43.0 Å². The standard InChI is InChI=1S/C18H21ClN2O6/c1-4-27-16(22)14-13(9-19)20-10-18(2,17(23)26-3)15(14)11-5-7-12(8-6-11)21(24)25/h5-8,15,20H,4,9-10H2,1-3H3. The monoisotopic (exact) mass is 396 g/mol. The number of esters is 2. The number of alkyl halides is 1. The molecule has 0 aliphatic carbocycles. The molecule has 1 aromatic rings. The summed E-state index contributed by atoms with van der Waals surface area (Å²) in [6.45, 7) is 3.68. The minimum absolute atomic E-state index is 0.0227. The molecule has 0 aromatic heterocycles. The number of hydrogen-bond donors (Lipinski definition) is 1. The lowest BCUT2D eigenvalue weighted by molar-refractivity contribution is -0.384. The van der Waals surface area contributed by atoms with Crippen LogP contribution in [0.15, 0.2) is 35.5 Å². The zero-order chi connectivity index (χ0) is 20.2. The van der Waals surface area contributed by atoms with Crippen molar-refractivity contribution in [1.29, 1.82) is 0 Å². The molecule has 146 valence electrons. The first-order valence-corrected chi connectivity index (χ1v) is 8.86. The largest absolute Gasteiger partial charge is 0.469 e. The van der Waals surface area contributed by atoms with Crippen molar-refractivity contribution < 1.29 is 24.0 Å². The quantitative estimate of drug-likeness (QED) is 0.340. The van der Waals surface area contributed by atoms with Crippen LogP contribution in [0.25, 0.3) is 0 Å². The molecule has 1 heterocycles. The Morgan fingerprint density at radius 1 is 1.37 bits per heavy atom. The Morgan fingerprint density at radius 3 is 2.48 bits per heavy atom. The molecule has 0 fully saturated rings. The fourth-order valence-electron chi connectivity index (χ4n) is 3.30. The van der Waals surface area contributed by atoms with Gasteiger partial charge < -0.3 is 14.8 Å². The van der Waals surface area contributed by atoms with E-state index < -0.39 is 28.2 Å². The topological polar surface area (TPSA) is 108 Å². The second kappa shape index (κ2) is 8.39. The lowest BCUT2D eigenvalue weighted by atomic mass is 9.67. The van der Waals surface area contributed by atoms with Gasteiger partial charge in [0, 0.05) is 30.3 Å². The van der Waals surface area contributed by atoms with Gasteiger partial charge in [-0.3, -0.25) is 14.9 Å². The van der Waals surface area contributed by atoms with E-state index in [1.165, 1.54) is 31.4 Å². The van der Waals surface area contributed by atoms with Gasteiger partial charge in [0.2, 0.25) is 0 Å². The molecule has 0 saturated carbocycles. The number of allylic oxidation sites excluding steroid dienone is 1. The third kappa shape index (κ3) is 3.90. The Kier molecular flexibility index (Phi) is 6.43. The molecule has 8 nitrogen and oxygen atoms in total. The van der Waals surface area contributed by atoms with E-state index in [1.54, 1.807) is 13.8 Å². The summed E-state index contributed by atoms with van der Waals surface area (Å²) >= 11 is 6.01. The number of nitrogens with zero attached hydrogens (tertiary/aromatic N) is 1. The van der Waals surface area contributed by atoms with Crippen molar-refractivity contribution in [3.63, 3.8) is 0 Å². The summed E-state index contributed by atoms with van der Waals surface area (Å²) in [7, 11) is 1.27. The number of carbonyl (C=O) groups excluding carboxylic acids is 2. The number of benzene rings is 1. The first kappa shape index (κ1) is 20.7. The van der Waals surface area contributed by atoms with Gasteiger partial charge in [-0.1, -0.05) is 12.1 Å².